The molecule has 0 aliphatic carbocycles. The van der Waals surface area contributed by atoms with Gasteiger partial charge in [-0.1, -0.05) is 71.0 Å². The van der Waals surface area contributed by atoms with E-state index in [0.29, 0.717) is 23.0 Å². The van der Waals surface area contributed by atoms with Crippen LogP contribution in [-0.4, -0.2) is 27.5 Å². The van der Waals surface area contributed by atoms with E-state index in [1.54, 1.807) is 31.4 Å². The van der Waals surface area contributed by atoms with Crippen molar-refractivity contribution in [3.8, 4) is 11.1 Å². The second-order valence-electron chi connectivity index (χ2n) is 12.4. The fraction of sp³-hybridized carbons (Fsp3) is 0.452. The van der Waals surface area contributed by atoms with Gasteiger partial charge >= 0.3 is 12.2 Å². The largest absolute Gasteiger partial charge is 0.465 e. The van der Waals surface area contributed by atoms with Crippen LogP contribution < -0.4 is 16.2 Å². The normalized spacial score (nSPS) is 12.8. The molecule has 1 aromatic heterocycles. The monoisotopic (exact) mass is 535 g/mol. The lowest BCUT2D eigenvalue weighted by atomic mass is 9.81. The summed E-state index contributed by atoms with van der Waals surface area (Å²) in [6.07, 6.45) is -1.69. The molecule has 2 aromatic carbocycles. The Hall–Kier alpha value is -3.81. The SMILES string of the molecule is CC(C)Cn1c(CNC(=O)OC(C)(C)C)c(-c2ccccc2)c2cc(C(NC(=O)O)C(C)(C)C)ccc2c1=O. The van der Waals surface area contributed by atoms with Crippen molar-refractivity contribution in [1.29, 1.82) is 0 Å². The maximum atomic E-state index is 13.9. The molecule has 210 valence electrons. The Balaban J connectivity index is 2.35. The molecule has 0 spiro atoms. The van der Waals surface area contributed by atoms with Crippen LogP contribution in [0.3, 0.4) is 0 Å². The van der Waals surface area contributed by atoms with Gasteiger partial charge in [0.15, 0.2) is 0 Å². The van der Waals surface area contributed by atoms with E-state index in [9.17, 15) is 19.5 Å². The lowest BCUT2D eigenvalue weighted by Crippen LogP contribution is -2.36. The van der Waals surface area contributed by atoms with Crippen LogP contribution in [0.5, 0.6) is 0 Å². The number of nitrogens with zero attached hydrogens (tertiary/aromatic N) is 1. The van der Waals surface area contributed by atoms with Gasteiger partial charge in [-0.2, -0.15) is 0 Å². The summed E-state index contributed by atoms with van der Waals surface area (Å²) in [5, 5.41) is 16.3. The van der Waals surface area contributed by atoms with Crippen LogP contribution in [0.4, 0.5) is 9.59 Å². The van der Waals surface area contributed by atoms with Crippen molar-refractivity contribution in [1.82, 2.24) is 15.2 Å². The molecule has 0 aliphatic rings. The molecule has 1 atom stereocenters. The molecule has 0 radical (unpaired) electrons. The zero-order chi connectivity index (χ0) is 29.1. The van der Waals surface area contributed by atoms with Gasteiger partial charge in [0.25, 0.3) is 5.56 Å². The Kier molecular flexibility index (Phi) is 8.78. The number of benzene rings is 2. The molecule has 3 rings (SSSR count). The van der Waals surface area contributed by atoms with Crippen LogP contribution in [0.1, 0.15) is 72.7 Å². The van der Waals surface area contributed by atoms with Crippen molar-refractivity contribution in [2.24, 2.45) is 11.3 Å². The van der Waals surface area contributed by atoms with Gasteiger partial charge in [0.05, 0.1) is 12.6 Å². The van der Waals surface area contributed by atoms with E-state index in [4.69, 9.17) is 4.74 Å². The lowest BCUT2D eigenvalue weighted by Gasteiger charge is -2.31. The molecule has 0 fully saturated rings. The molecule has 3 aromatic rings. The molecule has 1 heterocycles. The highest BCUT2D eigenvalue weighted by atomic mass is 16.6. The summed E-state index contributed by atoms with van der Waals surface area (Å²) in [5.74, 6) is 0.174. The standard InChI is InChI=1S/C31H41N3O5/c1-19(2)18-34-24(17-32-29(38)39-31(6,7)8)25(20-12-10-9-11-13-20)23-16-21(14-15-22(23)27(34)35)26(30(3,4)5)33-28(36)37/h9-16,19,26,33H,17-18H2,1-8H3,(H,32,38)(H,36,37). The number of pyridine rings is 1. The van der Waals surface area contributed by atoms with Crippen molar-refractivity contribution in [3.05, 3.63) is 70.1 Å². The number of carboxylic acid groups (broad SMARTS) is 1. The zero-order valence-electron chi connectivity index (χ0n) is 24.2. The molecule has 39 heavy (non-hydrogen) atoms. The fourth-order valence-electron chi connectivity index (χ4n) is 4.76. The third-order valence-corrected chi connectivity index (χ3v) is 6.28. The maximum absolute atomic E-state index is 13.9. The van der Waals surface area contributed by atoms with E-state index >= 15 is 0 Å². The van der Waals surface area contributed by atoms with Gasteiger partial charge in [-0.05, 0) is 60.7 Å². The van der Waals surface area contributed by atoms with Gasteiger partial charge < -0.3 is 25.0 Å². The topological polar surface area (TPSA) is 110 Å². The van der Waals surface area contributed by atoms with Crippen molar-refractivity contribution >= 4 is 23.0 Å². The van der Waals surface area contributed by atoms with Crippen LogP contribution in [0.25, 0.3) is 21.9 Å². The van der Waals surface area contributed by atoms with E-state index in [0.717, 1.165) is 16.7 Å². The van der Waals surface area contributed by atoms with Crippen LogP contribution in [-0.2, 0) is 17.8 Å². The van der Waals surface area contributed by atoms with Crippen LogP contribution in [0.2, 0.25) is 0 Å². The van der Waals surface area contributed by atoms with E-state index < -0.39 is 29.2 Å². The van der Waals surface area contributed by atoms with E-state index in [2.05, 4.69) is 10.6 Å². The summed E-state index contributed by atoms with van der Waals surface area (Å²) in [5.41, 5.74) is 1.86. The van der Waals surface area contributed by atoms with Gasteiger partial charge in [-0.25, -0.2) is 9.59 Å². The summed E-state index contributed by atoms with van der Waals surface area (Å²) in [7, 11) is 0. The Morgan fingerprint density at radius 2 is 1.62 bits per heavy atom. The van der Waals surface area contributed by atoms with Crippen molar-refractivity contribution < 1.29 is 19.4 Å². The number of hydrogen-bond acceptors (Lipinski definition) is 4. The van der Waals surface area contributed by atoms with Crippen molar-refractivity contribution in [2.45, 2.75) is 80.1 Å². The lowest BCUT2D eigenvalue weighted by molar-refractivity contribution is 0.0522. The van der Waals surface area contributed by atoms with E-state index in [-0.39, 0.29) is 18.0 Å². The average molecular weight is 536 g/mol. The molecular formula is C31H41N3O5. The number of carbonyl (C=O) groups excluding carboxylic acids is 1. The number of hydrogen-bond donors (Lipinski definition) is 3. The number of nitrogens with one attached hydrogen (secondary N) is 2. The molecule has 0 saturated heterocycles. The smallest absolute Gasteiger partial charge is 0.407 e. The predicted octanol–water partition coefficient (Wildman–Crippen LogP) is 6.70. The molecular weight excluding hydrogens is 494 g/mol. The predicted molar refractivity (Wildman–Crippen MR) is 155 cm³/mol. The summed E-state index contributed by atoms with van der Waals surface area (Å²) in [4.78, 5) is 38.2. The summed E-state index contributed by atoms with van der Waals surface area (Å²) in [6.45, 7) is 15.9. The fourth-order valence-corrected chi connectivity index (χ4v) is 4.76. The van der Waals surface area contributed by atoms with Crippen molar-refractivity contribution in [2.75, 3.05) is 0 Å². The minimum absolute atomic E-state index is 0.0807. The zero-order valence-corrected chi connectivity index (χ0v) is 24.2. The Labute approximate surface area is 230 Å². The first kappa shape index (κ1) is 29.7. The van der Waals surface area contributed by atoms with E-state index in [1.165, 1.54) is 0 Å². The Morgan fingerprint density at radius 1 is 0.974 bits per heavy atom. The highest BCUT2D eigenvalue weighted by Crippen LogP contribution is 2.37. The van der Waals surface area contributed by atoms with Crippen LogP contribution in [0, 0.1) is 11.3 Å². The molecule has 1 unspecified atom stereocenters. The average Bonchev–Trinajstić information content (AvgIpc) is 2.81. The summed E-state index contributed by atoms with van der Waals surface area (Å²) in [6, 6.07) is 14.7. The second-order valence-corrected chi connectivity index (χ2v) is 12.4. The minimum Gasteiger partial charge on any atom is -0.465 e. The molecule has 0 bridgehead atoms. The van der Waals surface area contributed by atoms with Gasteiger partial charge in [-0.15, -0.1) is 0 Å². The van der Waals surface area contributed by atoms with Gasteiger partial charge in [0.1, 0.15) is 5.60 Å². The molecule has 8 heteroatoms. The molecule has 0 saturated carbocycles. The molecule has 3 N–H and O–H groups in total. The van der Waals surface area contributed by atoms with E-state index in [1.807, 2.05) is 77.1 Å². The van der Waals surface area contributed by atoms with Gasteiger partial charge in [0, 0.05) is 23.2 Å². The van der Waals surface area contributed by atoms with Crippen LogP contribution >= 0.6 is 0 Å². The Morgan fingerprint density at radius 3 is 2.15 bits per heavy atom. The highest BCUT2D eigenvalue weighted by molar-refractivity contribution is 5.98. The molecule has 2 amide bonds. The number of fused-ring (bicyclic) bond motifs is 1. The number of rotatable bonds is 7. The molecule has 8 nitrogen and oxygen atoms in total. The highest BCUT2D eigenvalue weighted by Gasteiger charge is 2.29. The molecule has 0 aliphatic heterocycles. The number of aromatic nitrogens is 1. The number of amides is 2. The quantitative estimate of drug-likeness (QED) is 0.312. The second kappa shape index (κ2) is 11.5. The first-order valence-corrected chi connectivity index (χ1v) is 13.3. The first-order chi connectivity index (χ1) is 18.1. The number of ether oxygens (including phenoxy) is 1. The summed E-state index contributed by atoms with van der Waals surface area (Å²) >= 11 is 0. The third-order valence-electron chi connectivity index (χ3n) is 6.28. The Bertz CT molecular complexity index is 1400. The third kappa shape index (κ3) is 7.40. The maximum Gasteiger partial charge on any atom is 0.407 e. The summed E-state index contributed by atoms with van der Waals surface area (Å²) < 4.78 is 7.21. The van der Waals surface area contributed by atoms with Crippen molar-refractivity contribution in [3.63, 3.8) is 0 Å². The number of alkyl carbamates (subject to hydrolysis) is 1. The minimum atomic E-state index is -1.12. The number of carbonyl (C=O) groups is 2. The van der Waals surface area contributed by atoms with Crippen LogP contribution in [0.15, 0.2) is 53.3 Å². The first-order valence-electron chi connectivity index (χ1n) is 13.3. The van der Waals surface area contributed by atoms with Gasteiger partial charge in [0.2, 0.25) is 0 Å². The van der Waals surface area contributed by atoms with Gasteiger partial charge in [-0.3, -0.25) is 4.79 Å².